The van der Waals surface area contributed by atoms with Crippen molar-refractivity contribution in [1.29, 1.82) is 0 Å². The molecule has 0 spiro atoms. The van der Waals surface area contributed by atoms with Crippen molar-refractivity contribution in [2.45, 2.75) is 13.3 Å². The van der Waals surface area contributed by atoms with E-state index >= 15 is 0 Å². The molecule has 0 bridgehead atoms. The third-order valence-corrected chi connectivity index (χ3v) is 3.09. The number of rotatable bonds is 1. The van der Waals surface area contributed by atoms with Crippen molar-refractivity contribution in [3.05, 3.63) is 46.2 Å². The van der Waals surface area contributed by atoms with Crippen LogP contribution in [0.4, 0.5) is 4.39 Å². The molecule has 3 aliphatic rings. The van der Waals surface area contributed by atoms with Crippen LogP contribution in [0.5, 0.6) is 0 Å². The lowest BCUT2D eigenvalue weighted by Crippen LogP contribution is -2.18. The molecule has 0 saturated heterocycles. The second-order valence-electron chi connectivity index (χ2n) is 3.97. The Kier molecular flexibility index (Phi) is 1.74. The zero-order valence-electron chi connectivity index (χ0n) is 8.22. The lowest BCUT2D eigenvalue weighted by Gasteiger charge is -2.17. The van der Waals surface area contributed by atoms with Crippen LogP contribution in [-0.2, 0) is 0 Å². The summed E-state index contributed by atoms with van der Waals surface area (Å²) in [5, 5.41) is 2.42. The van der Waals surface area contributed by atoms with E-state index < -0.39 is 0 Å². The normalized spacial score (nSPS) is 28.1. The molecule has 1 unspecified atom stereocenters. The van der Waals surface area contributed by atoms with Crippen LogP contribution in [0.3, 0.4) is 0 Å². The monoisotopic (exact) mass is 224 g/mol. The van der Waals surface area contributed by atoms with Gasteiger partial charge in [0.25, 0.3) is 0 Å². The summed E-state index contributed by atoms with van der Waals surface area (Å²) >= 11 is 5.76. The van der Waals surface area contributed by atoms with Crippen molar-refractivity contribution < 1.29 is 4.39 Å². The maximum absolute atomic E-state index is 13.6. The van der Waals surface area contributed by atoms with Crippen molar-refractivity contribution in [2.75, 3.05) is 0 Å². The van der Waals surface area contributed by atoms with Gasteiger partial charge >= 0.3 is 0 Å². The SMILES string of the molecule is CC1CC=CC(F)=C1C1=C2C=C(Cl)NN21. The highest BCUT2D eigenvalue weighted by atomic mass is 35.5. The Labute approximate surface area is 92.4 Å². The van der Waals surface area contributed by atoms with Crippen LogP contribution in [-0.4, -0.2) is 5.01 Å². The molecular weight excluding hydrogens is 215 g/mol. The van der Waals surface area contributed by atoms with Crippen LogP contribution in [0.15, 0.2) is 46.2 Å². The summed E-state index contributed by atoms with van der Waals surface area (Å²) in [5.74, 6) is 0.106. The zero-order valence-corrected chi connectivity index (χ0v) is 8.98. The average Bonchev–Trinajstić information content (AvgIpc) is 2.67. The predicted molar refractivity (Wildman–Crippen MR) is 57.0 cm³/mol. The number of nitrogens with one attached hydrogen (secondary N) is 1. The highest BCUT2D eigenvalue weighted by Gasteiger charge is 2.42. The van der Waals surface area contributed by atoms with Crippen LogP contribution in [0.1, 0.15) is 13.3 Å². The van der Waals surface area contributed by atoms with E-state index in [1.165, 1.54) is 0 Å². The zero-order chi connectivity index (χ0) is 10.6. The van der Waals surface area contributed by atoms with E-state index in [9.17, 15) is 4.39 Å². The smallest absolute Gasteiger partial charge is 0.128 e. The Morgan fingerprint density at radius 1 is 1.60 bits per heavy atom. The number of hydrogen-bond donors (Lipinski definition) is 1. The van der Waals surface area contributed by atoms with Gasteiger partial charge in [-0.05, 0) is 18.4 Å². The first-order chi connectivity index (χ1) is 7.18. The van der Waals surface area contributed by atoms with Crippen molar-refractivity contribution in [3.8, 4) is 0 Å². The molecule has 2 heterocycles. The van der Waals surface area contributed by atoms with Gasteiger partial charge in [-0.3, -0.25) is 10.4 Å². The maximum Gasteiger partial charge on any atom is 0.128 e. The Morgan fingerprint density at radius 3 is 3.00 bits per heavy atom. The Hall–Kier alpha value is -1.22. The lowest BCUT2D eigenvalue weighted by atomic mass is 9.91. The van der Waals surface area contributed by atoms with Gasteiger partial charge in [0.2, 0.25) is 0 Å². The Morgan fingerprint density at radius 2 is 2.40 bits per heavy atom. The predicted octanol–water partition coefficient (Wildman–Crippen LogP) is 2.93. The van der Waals surface area contributed by atoms with Gasteiger partial charge < -0.3 is 0 Å². The van der Waals surface area contributed by atoms with Crippen molar-refractivity contribution >= 4 is 11.6 Å². The molecule has 78 valence electrons. The van der Waals surface area contributed by atoms with E-state index in [1.54, 1.807) is 6.08 Å². The molecule has 1 aliphatic carbocycles. The minimum Gasteiger partial charge on any atom is -0.283 e. The van der Waals surface area contributed by atoms with E-state index in [-0.39, 0.29) is 11.7 Å². The van der Waals surface area contributed by atoms with E-state index in [0.29, 0.717) is 5.16 Å². The molecule has 0 radical (unpaired) electrons. The first kappa shape index (κ1) is 9.04. The fraction of sp³-hybridized carbons (Fsp3) is 0.273. The van der Waals surface area contributed by atoms with E-state index in [4.69, 9.17) is 11.6 Å². The van der Waals surface area contributed by atoms with Gasteiger partial charge in [-0.15, -0.1) is 0 Å². The van der Waals surface area contributed by atoms with Gasteiger partial charge in [0.15, 0.2) is 0 Å². The molecule has 0 aromatic rings. The molecule has 4 heteroatoms. The second kappa shape index (κ2) is 2.89. The standard InChI is InChI=1S/C11H10ClFN2/c1-6-3-2-4-7(13)10(6)11-8-5-9(12)14-15(8)11/h2,4-6,14H,3H2,1H3. The summed E-state index contributed by atoms with van der Waals surface area (Å²) in [6, 6.07) is 0. The third-order valence-electron chi connectivity index (χ3n) is 2.90. The fourth-order valence-corrected chi connectivity index (χ4v) is 2.30. The molecule has 0 fully saturated rings. The highest BCUT2D eigenvalue weighted by Crippen LogP contribution is 2.47. The van der Waals surface area contributed by atoms with E-state index in [2.05, 4.69) is 5.43 Å². The first-order valence-corrected chi connectivity index (χ1v) is 5.31. The highest BCUT2D eigenvalue weighted by molar-refractivity contribution is 6.29. The molecule has 3 rings (SSSR count). The molecule has 1 N–H and O–H groups in total. The average molecular weight is 225 g/mol. The van der Waals surface area contributed by atoms with E-state index in [1.807, 2.05) is 24.1 Å². The molecule has 0 aromatic heterocycles. The third kappa shape index (κ3) is 1.23. The summed E-state index contributed by atoms with van der Waals surface area (Å²) < 4.78 is 13.6. The minimum atomic E-state index is -0.128. The van der Waals surface area contributed by atoms with Gasteiger partial charge in [0, 0.05) is 11.6 Å². The summed E-state index contributed by atoms with van der Waals surface area (Å²) in [5.41, 5.74) is 5.68. The minimum absolute atomic E-state index is 0.128. The number of halogens is 2. The van der Waals surface area contributed by atoms with Gasteiger partial charge in [-0.1, -0.05) is 24.6 Å². The summed E-state index contributed by atoms with van der Waals surface area (Å²) in [7, 11) is 0. The van der Waals surface area contributed by atoms with Gasteiger partial charge in [-0.25, -0.2) is 4.39 Å². The molecule has 15 heavy (non-hydrogen) atoms. The maximum atomic E-state index is 13.6. The topological polar surface area (TPSA) is 15.0 Å². The van der Waals surface area contributed by atoms with Crippen molar-refractivity contribution in [3.63, 3.8) is 0 Å². The van der Waals surface area contributed by atoms with Crippen LogP contribution in [0.25, 0.3) is 0 Å². The molecule has 2 nitrogen and oxygen atoms in total. The van der Waals surface area contributed by atoms with Gasteiger partial charge in [0.1, 0.15) is 11.0 Å². The largest absolute Gasteiger partial charge is 0.283 e. The van der Waals surface area contributed by atoms with Crippen LogP contribution in [0.2, 0.25) is 0 Å². The number of nitrogens with zero attached hydrogens (tertiary/aromatic N) is 1. The van der Waals surface area contributed by atoms with Crippen molar-refractivity contribution in [1.82, 2.24) is 10.4 Å². The second-order valence-corrected chi connectivity index (χ2v) is 4.38. The summed E-state index contributed by atoms with van der Waals surface area (Å²) in [4.78, 5) is 0. The summed E-state index contributed by atoms with van der Waals surface area (Å²) in [6.07, 6.45) is 6.13. The van der Waals surface area contributed by atoms with Gasteiger partial charge in [-0.2, -0.15) is 0 Å². The Bertz CT molecular complexity index is 459. The fourth-order valence-electron chi connectivity index (χ4n) is 2.11. The number of allylic oxidation sites excluding steroid dienone is 5. The van der Waals surface area contributed by atoms with E-state index in [0.717, 1.165) is 23.4 Å². The van der Waals surface area contributed by atoms with Crippen LogP contribution < -0.4 is 5.43 Å². The molecule has 0 aromatic carbocycles. The lowest BCUT2D eigenvalue weighted by molar-refractivity contribution is 0.483. The molecule has 2 aliphatic heterocycles. The van der Waals surface area contributed by atoms with Crippen molar-refractivity contribution in [2.24, 2.45) is 5.92 Å². The summed E-state index contributed by atoms with van der Waals surface area (Å²) in [6.45, 7) is 2.03. The Balaban J connectivity index is 2.00. The van der Waals surface area contributed by atoms with Crippen LogP contribution in [0, 0.1) is 5.92 Å². The van der Waals surface area contributed by atoms with Gasteiger partial charge in [0.05, 0.1) is 11.4 Å². The molecule has 0 amide bonds. The molecule has 0 saturated carbocycles. The van der Waals surface area contributed by atoms with Crippen LogP contribution >= 0.6 is 11.6 Å². The number of hydrogen-bond acceptors (Lipinski definition) is 2. The number of fused-ring (bicyclic) bond motifs is 1. The molecule has 1 atom stereocenters. The quantitative estimate of drug-likeness (QED) is 0.689. The first-order valence-electron chi connectivity index (χ1n) is 4.93. The number of hydrazine groups is 1. The molecular formula is C11H10ClFN2.